The van der Waals surface area contributed by atoms with E-state index in [-0.39, 0.29) is 24.8 Å². The van der Waals surface area contributed by atoms with E-state index in [1.807, 2.05) is 0 Å². The molecule has 3 unspecified atom stereocenters. The van der Waals surface area contributed by atoms with E-state index in [1.54, 1.807) is 4.90 Å². The van der Waals surface area contributed by atoms with Gasteiger partial charge in [-0.15, -0.1) is 0 Å². The lowest BCUT2D eigenvalue weighted by Crippen LogP contribution is -3.12. The number of likely N-dealkylation sites (tertiary alicyclic amines) is 1. The molecule has 102 valence electrons. The van der Waals surface area contributed by atoms with Crippen molar-refractivity contribution >= 4 is 0 Å². The SMILES string of the molecule is [Cl-].[Cl-].c1ccc(C[NH+]2CCC3C[NH2+]CC3C2)cc1. The van der Waals surface area contributed by atoms with Gasteiger partial charge in [0.2, 0.25) is 0 Å². The Bertz CT molecular complexity index is 345. The maximum Gasteiger partial charge on any atom is 0.103 e. The molecule has 3 rings (SSSR count). The highest BCUT2D eigenvalue weighted by Gasteiger charge is 2.37. The van der Waals surface area contributed by atoms with Crippen LogP contribution in [0.3, 0.4) is 0 Å². The molecule has 1 aromatic rings. The first-order chi connectivity index (χ1) is 7.92. The predicted molar refractivity (Wildman–Crippen MR) is 64.1 cm³/mol. The lowest BCUT2D eigenvalue weighted by atomic mass is 9.88. The van der Waals surface area contributed by atoms with Gasteiger partial charge in [-0.25, -0.2) is 0 Å². The summed E-state index contributed by atoms with van der Waals surface area (Å²) in [5.74, 6) is 2.02. The zero-order valence-electron chi connectivity index (χ0n) is 10.6. The Labute approximate surface area is 122 Å². The van der Waals surface area contributed by atoms with Crippen LogP contribution in [0.1, 0.15) is 12.0 Å². The second-order valence-electron chi connectivity index (χ2n) is 5.44. The Morgan fingerprint density at radius 3 is 2.56 bits per heavy atom. The molecule has 1 aromatic carbocycles. The second kappa shape index (κ2) is 7.34. The largest absolute Gasteiger partial charge is 1.00 e. The molecule has 2 saturated heterocycles. The Balaban J connectivity index is 0.000000810. The molecule has 0 aliphatic carbocycles. The molecule has 0 spiro atoms. The topological polar surface area (TPSA) is 21.1 Å². The maximum atomic E-state index is 2.51. The normalized spacial score (nSPS) is 29.9. The molecule has 3 atom stereocenters. The van der Waals surface area contributed by atoms with Crippen LogP contribution in [0.2, 0.25) is 0 Å². The molecule has 2 nitrogen and oxygen atoms in total. The van der Waals surface area contributed by atoms with Crippen molar-refractivity contribution < 1.29 is 35.0 Å². The van der Waals surface area contributed by atoms with Crippen LogP contribution in [0.15, 0.2) is 30.3 Å². The fraction of sp³-hybridized carbons (Fsp3) is 0.571. The Kier molecular flexibility index (Phi) is 6.44. The van der Waals surface area contributed by atoms with Crippen molar-refractivity contribution in [3.8, 4) is 0 Å². The number of halogens is 2. The van der Waals surface area contributed by atoms with Crippen molar-refractivity contribution in [2.24, 2.45) is 11.8 Å². The van der Waals surface area contributed by atoms with E-state index >= 15 is 0 Å². The van der Waals surface area contributed by atoms with Crippen molar-refractivity contribution in [3.05, 3.63) is 35.9 Å². The van der Waals surface area contributed by atoms with E-state index in [4.69, 9.17) is 0 Å². The van der Waals surface area contributed by atoms with Gasteiger partial charge >= 0.3 is 0 Å². The third kappa shape index (κ3) is 3.61. The molecule has 0 amide bonds. The molecule has 2 aliphatic rings. The van der Waals surface area contributed by atoms with E-state index in [1.165, 1.54) is 44.7 Å². The molecular formula is C14H22Cl2N2. The van der Waals surface area contributed by atoms with Gasteiger partial charge in [0.15, 0.2) is 0 Å². The average Bonchev–Trinajstić information content (AvgIpc) is 2.77. The van der Waals surface area contributed by atoms with E-state index in [0.29, 0.717) is 0 Å². The Hall–Kier alpha value is -0.280. The summed E-state index contributed by atoms with van der Waals surface area (Å²) < 4.78 is 0. The molecule has 0 aromatic heterocycles. The van der Waals surface area contributed by atoms with Gasteiger partial charge in [-0.1, -0.05) is 30.3 Å². The first kappa shape index (κ1) is 15.8. The summed E-state index contributed by atoms with van der Waals surface area (Å²) in [5, 5.41) is 2.51. The highest BCUT2D eigenvalue weighted by Crippen LogP contribution is 2.17. The third-order valence-corrected chi connectivity index (χ3v) is 4.32. The molecular weight excluding hydrogens is 267 g/mol. The fourth-order valence-electron chi connectivity index (χ4n) is 3.42. The standard InChI is InChI=1S/C14H20N2.2ClH/c1-2-4-12(5-3-1)10-16-7-6-13-8-15-9-14(13)11-16;;/h1-5,13-15H,6-11H2;2*1H. The minimum absolute atomic E-state index is 0. The lowest BCUT2D eigenvalue weighted by Gasteiger charge is -2.30. The first-order valence-corrected chi connectivity index (χ1v) is 6.61. The average molecular weight is 289 g/mol. The lowest BCUT2D eigenvalue weighted by molar-refractivity contribution is -0.923. The van der Waals surface area contributed by atoms with E-state index in [0.717, 1.165) is 11.8 Å². The summed E-state index contributed by atoms with van der Waals surface area (Å²) in [5.41, 5.74) is 1.50. The number of hydrogen-bond donors (Lipinski definition) is 2. The number of quaternary nitrogens is 2. The van der Waals surface area contributed by atoms with E-state index in [2.05, 4.69) is 35.6 Å². The van der Waals surface area contributed by atoms with Gasteiger partial charge < -0.3 is 35.0 Å². The van der Waals surface area contributed by atoms with Gasteiger partial charge in [0.25, 0.3) is 0 Å². The molecule has 3 N–H and O–H groups in total. The summed E-state index contributed by atoms with van der Waals surface area (Å²) in [6.45, 7) is 6.77. The highest BCUT2D eigenvalue weighted by atomic mass is 35.5. The van der Waals surface area contributed by atoms with Crippen LogP contribution in [0.25, 0.3) is 0 Å². The third-order valence-electron chi connectivity index (χ3n) is 4.32. The smallest absolute Gasteiger partial charge is 0.103 e. The Morgan fingerprint density at radius 1 is 1.06 bits per heavy atom. The summed E-state index contributed by atoms with van der Waals surface area (Å²) in [7, 11) is 0. The van der Waals surface area contributed by atoms with E-state index < -0.39 is 0 Å². The highest BCUT2D eigenvalue weighted by molar-refractivity contribution is 5.13. The number of fused-ring (bicyclic) bond motifs is 1. The van der Waals surface area contributed by atoms with Crippen LogP contribution in [-0.2, 0) is 6.54 Å². The molecule has 2 fully saturated rings. The fourth-order valence-corrected chi connectivity index (χ4v) is 3.42. The van der Waals surface area contributed by atoms with Crippen LogP contribution in [0.4, 0.5) is 0 Å². The zero-order chi connectivity index (χ0) is 10.8. The summed E-state index contributed by atoms with van der Waals surface area (Å²) in [6.07, 6.45) is 1.45. The van der Waals surface area contributed by atoms with Crippen LogP contribution in [0.5, 0.6) is 0 Å². The van der Waals surface area contributed by atoms with Crippen molar-refractivity contribution in [2.45, 2.75) is 13.0 Å². The number of benzene rings is 1. The quantitative estimate of drug-likeness (QED) is 0.540. The van der Waals surface area contributed by atoms with Crippen LogP contribution < -0.4 is 35.0 Å². The minimum Gasteiger partial charge on any atom is -1.00 e. The maximum absolute atomic E-state index is 2.51. The van der Waals surface area contributed by atoms with Crippen LogP contribution in [0, 0.1) is 11.8 Å². The van der Waals surface area contributed by atoms with Gasteiger partial charge in [-0.2, -0.15) is 0 Å². The monoisotopic (exact) mass is 288 g/mol. The summed E-state index contributed by atoms with van der Waals surface area (Å²) in [4.78, 5) is 1.79. The zero-order valence-corrected chi connectivity index (χ0v) is 12.1. The molecule has 0 radical (unpaired) electrons. The molecule has 0 bridgehead atoms. The first-order valence-electron chi connectivity index (χ1n) is 6.61. The van der Waals surface area contributed by atoms with Gasteiger partial charge in [0.1, 0.15) is 6.54 Å². The van der Waals surface area contributed by atoms with Crippen molar-refractivity contribution in [3.63, 3.8) is 0 Å². The van der Waals surface area contributed by atoms with Crippen LogP contribution in [-0.4, -0.2) is 26.2 Å². The molecule has 0 saturated carbocycles. The predicted octanol–water partition coefficient (Wildman–Crippen LogP) is -6.71. The number of nitrogens with one attached hydrogen (secondary N) is 1. The molecule has 18 heavy (non-hydrogen) atoms. The molecule has 4 heteroatoms. The van der Waals surface area contributed by atoms with Crippen molar-refractivity contribution in [2.75, 3.05) is 26.2 Å². The number of rotatable bonds is 2. The van der Waals surface area contributed by atoms with Gasteiger partial charge in [-0.3, -0.25) is 0 Å². The van der Waals surface area contributed by atoms with Gasteiger partial charge in [0.05, 0.1) is 32.1 Å². The van der Waals surface area contributed by atoms with E-state index in [9.17, 15) is 0 Å². The van der Waals surface area contributed by atoms with Gasteiger partial charge in [0, 0.05) is 17.9 Å². The number of piperidine rings is 1. The Morgan fingerprint density at radius 2 is 1.78 bits per heavy atom. The summed E-state index contributed by atoms with van der Waals surface area (Å²) >= 11 is 0. The van der Waals surface area contributed by atoms with Crippen molar-refractivity contribution in [1.82, 2.24) is 0 Å². The number of hydrogen-bond acceptors (Lipinski definition) is 0. The molecule has 2 aliphatic heterocycles. The number of nitrogens with two attached hydrogens (primary N) is 1. The minimum atomic E-state index is 0. The van der Waals surface area contributed by atoms with Crippen molar-refractivity contribution in [1.29, 1.82) is 0 Å². The second-order valence-corrected chi connectivity index (χ2v) is 5.44. The molecule has 2 heterocycles. The van der Waals surface area contributed by atoms with Gasteiger partial charge in [-0.05, 0) is 0 Å². The summed E-state index contributed by atoms with van der Waals surface area (Å²) in [6, 6.07) is 11.0. The van der Waals surface area contributed by atoms with Crippen LogP contribution >= 0.6 is 0 Å².